The third-order valence-corrected chi connectivity index (χ3v) is 8.61. The highest BCUT2D eigenvalue weighted by Crippen LogP contribution is 2.38. The SMILES string of the molecule is Cc1cc(S(=O)(=O)N2CCC3CCCCC3C2)sc1CN. The van der Waals surface area contributed by atoms with E-state index in [1.165, 1.54) is 37.0 Å². The topological polar surface area (TPSA) is 63.4 Å². The van der Waals surface area contributed by atoms with Crippen molar-refractivity contribution in [3.05, 3.63) is 16.5 Å². The van der Waals surface area contributed by atoms with Crippen molar-refractivity contribution in [2.24, 2.45) is 17.6 Å². The molecule has 2 aliphatic rings. The molecule has 4 nitrogen and oxygen atoms in total. The van der Waals surface area contributed by atoms with E-state index in [4.69, 9.17) is 5.73 Å². The monoisotopic (exact) mass is 328 g/mol. The number of nitrogens with two attached hydrogens (primary N) is 1. The second-order valence-corrected chi connectivity index (χ2v) is 9.63. The van der Waals surface area contributed by atoms with Crippen LogP contribution in [-0.2, 0) is 16.6 Å². The Morgan fingerprint density at radius 1 is 1.29 bits per heavy atom. The Morgan fingerprint density at radius 3 is 2.67 bits per heavy atom. The van der Waals surface area contributed by atoms with E-state index in [2.05, 4.69) is 0 Å². The first kappa shape index (κ1) is 15.5. The molecule has 6 heteroatoms. The molecule has 118 valence electrons. The van der Waals surface area contributed by atoms with Crippen molar-refractivity contribution < 1.29 is 8.42 Å². The first-order valence-corrected chi connectivity index (χ1v) is 10.1. The second kappa shape index (κ2) is 5.99. The lowest BCUT2D eigenvalue weighted by Gasteiger charge is -2.40. The summed E-state index contributed by atoms with van der Waals surface area (Å²) in [5.74, 6) is 1.31. The molecule has 1 aliphatic carbocycles. The molecular weight excluding hydrogens is 304 g/mol. The van der Waals surface area contributed by atoms with Gasteiger partial charge in [0.15, 0.2) is 0 Å². The van der Waals surface area contributed by atoms with Gasteiger partial charge in [0.05, 0.1) is 0 Å². The van der Waals surface area contributed by atoms with Crippen LogP contribution in [0.5, 0.6) is 0 Å². The van der Waals surface area contributed by atoms with Crippen LogP contribution in [0.4, 0.5) is 0 Å². The van der Waals surface area contributed by atoms with Crippen LogP contribution in [-0.4, -0.2) is 25.8 Å². The van der Waals surface area contributed by atoms with Gasteiger partial charge in [-0.2, -0.15) is 4.31 Å². The summed E-state index contributed by atoms with van der Waals surface area (Å²) in [6.07, 6.45) is 6.07. The van der Waals surface area contributed by atoms with Gasteiger partial charge in [-0.25, -0.2) is 8.42 Å². The normalized spacial score (nSPS) is 27.5. The summed E-state index contributed by atoms with van der Waals surface area (Å²) >= 11 is 1.33. The maximum Gasteiger partial charge on any atom is 0.252 e. The quantitative estimate of drug-likeness (QED) is 0.928. The Bertz CT molecular complexity index is 609. The molecule has 1 aromatic rings. The van der Waals surface area contributed by atoms with Crippen LogP contribution in [0.15, 0.2) is 10.3 Å². The van der Waals surface area contributed by atoms with Crippen LogP contribution in [0.2, 0.25) is 0 Å². The number of hydrogen-bond acceptors (Lipinski definition) is 4. The number of rotatable bonds is 3. The first-order valence-electron chi connectivity index (χ1n) is 7.82. The summed E-state index contributed by atoms with van der Waals surface area (Å²) in [6.45, 7) is 3.74. The highest BCUT2D eigenvalue weighted by Gasteiger charge is 2.37. The van der Waals surface area contributed by atoms with E-state index in [1.54, 1.807) is 10.4 Å². The van der Waals surface area contributed by atoms with Gasteiger partial charge in [-0.15, -0.1) is 11.3 Å². The van der Waals surface area contributed by atoms with Crippen LogP contribution in [0.3, 0.4) is 0 Å². The van der Waals surface area contributed by atoms with E-state index >= 15 is 0 Å². The molecule has 21 heavy (non-hydrogen) atoms. The predicted molar refractivity (Wildman–Crippen MR) is 85.8 cm³/mol. The summed E-state index contributed by atoms with van der Waals surface area (Å²) in [5.41, 5.74) is 6.67. The van der Waals surface area contributed by atoms with Gasteiger partial charge >= 0.3 is 0 Å². The Hall–Kier alpha value is -0.430. The van der Waals surface area contributed by atoms with E-state index in [-0.39, 0.29) is 0 Å². The van der Waals surface area contributed by atoms with Crippen LogP contribution in [0.1, 0.15) is 42.5 Å². The molecule has 0 radical (unpaired) electrons. The maximum atomic E-state index is 12.8. The van der Waals surface area contributed by atoms with Gasteiger partial charge in [0.25, 0.3) is 10.0 Å². The Labute approximate surface area is 131 Å². The van der Waals surface area contributed by atoms with Gasteiger partial charge in [0, 0.05) is 24.5 Å². The minimum Gasteiger partial charge on any atom is -0.326 e. The average molecular weight is 329 g/mol. The van der Waals surface area contributed by atoms with E-state index in [0.717, 1.165) is 22.8 Å². The number of aryl methyl sites for hydroxylation is 1. The Morgan fingerprint density at radius 2 is 2.00 bits per heavy atom. The van der Waals surface area contributed by atoms with Crippen molar-refractivity contribution in [1.82, 2.24) is 4.31 Å². The fourth-order valence-electron chi connectivity index (χ4n) is 3.73. The number of sulfonamides is 1. The van der Waals surface area contributed by atoms with Crippen molar-refractivity contribution >= 4 is 21.4 Å². The molecule has 2 unspecified atom stereocenters. The number of fused-ring (bicyclic) bond motifs is 1. The van der Waals surface area contributed by atoms with Gasteiger partial charge in [0.2, 0.25) is 0 Å². The molecule has 3 rings (SSSR count). The average Bonchev–Trinajstić information content (AvgIpc) is 2.88. The Kier molecular flexibility index (Phi) is 4.41. The summed E-state index contributed by atoms with van der Waals surface area (Å²) in [7, 11) is -3.33. The number of hydrogen-bond donors (Lipinski definition) is 1. The van der Waals surface area contributed by atoms with Crippen molar-refractivity contribution in [2.45, 2.75) is 49.8 Å². The fraction of sp³-hybridized carbons (Fsp3) is 0.733. The van der Waals surface area contributed by atoms with Crippen molar-refractivity contribution in [3.8, 4) is 0 Å². The van der Waals surface area contributed by atoms with E-state index in [1.807, 2.05) is 6.92 Å². The highest BCUT2D eigenvalue weighted by atomic mass is 32.2. The van der Waals surface area contributed by atoms with Crippen LogP contribution in [0, 0.1) is 18.8 Å². The summed E-state index contributed by atoms with van der Waals surface area (Å²) in [5, 5.41) is 0. The molecule has 0 amide bonds. The molecule has 1 saturated carbocycles. The summed E-state index contributed by atoms with van der Waals surface area (Å²) in [4.78, 5) is 0.973. The number of nitrogens with zero attached hydrogens (tertiary/aromatic N) is 1. The lowest BCUT2D eigenvalue weighted by molar-refractivity contribution is 0.136. The minimum atomic E-state index is -3.33. The van der Waals surface area contributed by atoms with Gasteiger partial charge < -0.3 is 5.73 Å². The molecule has 0 bridgehead atoms. The molecular formula is C15H24N2O2S2. The molecule has 2 N–H and O–H groups in total. The van der Waals surface area contributed by atoms with Crippen molar-refractivity contribution in [1.29, 1.82) is 0 Å². The molecule has 0 spiro atoms. The van der Waals surface area contributed by atoms with Gasteiger partial charge in [-0.3, -0.25) is 0 Å². The van der Waals surface area contributed by atoms with Crippen LogP contribution >= 0.6 is 11.3 Å². The highest BCUT2D eigenvalue weighted by molar-refractivity contribution is 7.91. The van der Waals surface area contributed by atoms with E-state index in [9.17, 15) is 8.42 Å². The Balaban J connectivity index is 1.81. The molecule has 2 heterocycles. The molecule has 1 aliphatic heterocycles. The fourth-order valence-corrected chi connectivity index (χ4v) is 6.87. The minimum absolute atomic E-state index is 0.413. The molecule has 1 saturated heterocycles. The molecule has 2 fully saturated rings. The van der Waals surface area contributed by atoms with Crippen LogP contribution < -0.4 is 5.73 Å². The smallest absolute Gasteiger partial charge is 0.252 e. The number of piperidine rings is 1. The maximum absolute atomic E-state index is 12.8. The summed E-state index contributed by atoms with van der Waals surface area (Å²) in [6, 6.07) is 1.79. The zero-order valence-electron chi connectivity index (χ0n) is 12.5. The van der Waals surface area contributed by atoms with E-state index < -0.39 is 10.0 Å². The van der Waals surface area contributed by atoms with Crippen molar-refractivity contribution in [3.63, 3.8) is 0 Å². The second-order valence-electron chi connectivity index (χ2n) is 6.33. The lowest BCUT2D eigenvalue weighted by atomic mass is 9.76. The van der Waals surface area contributed by atoms with Crippen molar-refractivity contribution in [2.75, 3.05) is 13.1 Å². The van der Waals surface area contributed by atoms with Gasteiger partial charge in [0.1, 0.15) is 4.21 Å². The first-order chi connectivity index (χ1) is 10.0. The summed E-state index contributed by atoms with van der Waals surface area (Å²) < 4.78 is 27.9. The van der Waals surface area contributed by atoms with Crippen LogP contribution in [0.25, 0.3) is 0 Å². The number of thiophene rings is 1. The zero-order chi connectivity index (χ0) is 15.0. The van der Waals surface area contributed by atoms with Gasteiger partial charge in [-0.1, -0.05) is 19.3 Å². The van der Waals surface area contributed by atoms with Gasteiger partial charge in [-0.05, 0) is 43.2 Å². The molecule has 2 atom stereocenters. The largest absolute Gasteiger partial charge is 0.326 e. The third kappa shape index (κ3) is 2.91. The molecule has 1 aromatic heterocycles. The third-order valence-electron chi connectivity index (χ3n) is 5.03. The predicted octanol–water partition coefficient (Wildman–Crippen LogP) is 2.72. The molecule has 0 aromatic carbocycles. The lowest BCUT2D eigenvalue weighted by Crippen LogP contribution is -2.44. The van der Waals surface area contributed by atoms with E-state index in [0.29, 0.717) is 29.8 Å². The standard InChI is InChI=1S/C15H24N2O2S2/c1-11-8-15(20-14(11)9-16)21(18,19)17-7-6-12-4-2-3-5-13(12)10-17/h8,12-13H,2-7,9-10,16H2,1H3. The zero-order valence-corrected chi connectivity index (χ0v) is 14.2.